The molecule has 2 N–H and O–H groups in total. The van der Waals surface area contributed by atoms with E-state index in [4.69, 9.17) is 4.74 Å². The molecule has 8 heteroatoms. The number of aryl methyl sites for hydroxylation is 2. The fraction of sp³-hybridized carbons (Fsp3) is 0.320. The topological polar surface area (TPSA) is 91.2 Å². The minimum Gasteiger partial charge on any atom is -0.494 e. The van der Waals surface area contributed by atoms with Gasteiger partial charge < -0.3 is 15.4 Å². The monoisotopic (exact) mass is 527 g/mol. The number of allylic oxidation sites excluding steroid dienone is 1. The predicted molar refractivity (Wildman–Crippen MR) is 135 cm³/mol. The summed E-state index contributed by atoms with van der Waals surface area (Å²) in [5, 5.41) is 16.1. The Morgan fingerprint density at radius 1 is 1.30 bits per heavy atom. The number of carbonyl (C=O) groups is 2. The highest BCUT2D eigenvalue weighted by Gasteiger charge is 2.30. The van der Waals surface area contributed by atoms with Crippen molar-refractivity contribution in [3.63, 3.8) is 0 Å². The molecule has 2 amide bonds. The molecule has 1 heterocycles. The second-order valence-electron chi connectivity index (χ2n) is 7.61. The van der Waals surface area contributed by atoms with Crippen LogP contribution in [0.2, 0.25) is 0 Å². The Bertz CT molecular complexity index is 1120. The van der Waals surface area contributed by atoms with E-state index in [1.807, 2.05) is 57.2 Å². The lowest BCUT2D eigenvalue weighted by molar-refractivity contribution is -0.121. The summed E-state index contributed by atoms with van der Waals surface area (Å²) >= 11 is 4.67. The molecule has 0 unspecified atom stereocenters. The van der Waals surface area contributed by atoms with Crippen LogP contribution in [0.3, 0.4) is 0 Å². The molecule has 6 nitrogen and oxygen atoms in total. The van der Waals surface area contributed by atoms with E-state index in [0.717, 1.165) is 39.0 Å². The number of ether oxygens (including phenoxy) is 1. The standard InChI is InChI=1S/C25H26BrN3O3S/c1-4-16-11-18(26)10-15(3)24(16)28-23(31)14-33-25-21(13-27)20(12-22(30)29-25)17-6-8-19(9-7-17)32-5-2/h6-11,20H,4-5,12,14H2,1-3H3,(H,28,31)(H,29,30)/t20-/m1/s1. The molecule has 3 rings (SSSR count). The second-order valence-corrected chi connectivity index (χ2v) is 9.51. The van der Waals surface area contributed by atoms with Gasteiger partial charge in [-0.2, -0.15) is 5.26 Å². The van der Waals surface area contributed by atoms with Crippen LogP contribution in [0.15, 0.2) is 51.5 Å². The third-order valence-electron chi connectivity index (χ3n) is 5.32. The van der Waals surface area contributed by atoms with Gasteiger partial charge in [0.25, 0.3) is 0 Å². The molecular formula is C25H26BrN3O3S. The Kier molecular flexibility index (Phi) is 8.59. The number of amides is 2. The zero-order chi connectivity index (χ0) is 24.0. The average Bonchev–Trinajstić information content (AvgIpc) is 2.79. The molecule has 0 radical (unpaired) electrons. The molecule has 0 fully saturated rings. The molecule has 2 aromatic rings. The zero-order valence-corrected chi connectivity index (χ0v) is 21.2. The normalized spacial score (nSPS) is 15.6. The van der Waals surface area contributed by atoms with E-state index >= 15 is 0 Å². The molecule has 0 bridgehead atoms. The van der Waals surface area contributed by atoms with Crippen LogP contribution < -0.4 is 15.4 Å². The molecule has 0 saturated carbocycles. The van der Waals surface area contributed by atoms with E-state index < -0.39 is 0 Å². The van der Waals surface area contributed by atoms with Crippen molar-refractivity contribution in [1.82, 2.24) is 5.32 Å². The van der Waals surface area contributed by atoms with Gasteiger partial charge in [0.2, 0.25) is 11.8 Å². The Morgan fingerprint density at radius 2 is 2.03 bits per heavy atom. The number of hydrogen-bond donors (Lipinski definition) is 2. The van der Waals surface area contributed by atoms with Crippen molar-refractivity contribution in [3.05, 3.63) is 68.2 Å². The predicted octanol–water partition coefficient (Wildman–Crippen LogP) is 5.43. The van der Waals surface area contributed by atoms with Gasteiger partial charge in [0, 0.05) is 22.5 Å². The Balaban J connectivity index is 1.77. The molecule has 2 aromatic carbocycles. The van der Waals surface area contributed by atoms with Gasteiger partial charge in [0.1, 0.15) is 5.75 Å². The lowest BCUT2D eigenvalue weighted by Gasteiger charge is -2.25. The molecule has 1 aliphatic rings. The summed E-state index contributed by atoms with van der Waals surface area (Å²) in [6.07, 6.45) is 0.970. The summed E-state index contributed by atoms with van der Waals surface area (Å²) in [5.74, 6) is 0.0978. The first-order chi connectivity index (χ1) is 15.9. The van der Waals surface area contributed by atoms with Crippen molar-refractivity contribution in [2.24, 2.45) is 0 Å². The first-order valence-electron chi connectivity index (χ1n) is 10.7. The molecule has 0 saturated heterocycles. The van der Waals surface area contributed by atoms with Crippen LogP contribution in [0.25, 0.3) is 0 Å². The average molecular weight is 528 g/mol. The van der Waals surface area contributed by atoms with Crippen LogP contribution >= 0.6 is 27.7 Å². The van der Waals surface area contributed by atoms with Gasteiger partial charge in [0.05, 0.1) is 29.0 Å². The molecule has 0 spiro atoms. The van der Waals surface area contributed by atoms with Crippen molar-refractivity contribution in [1.29, 1.82) is 5.26 Å². The SMILES string of the molecule is CCOc1ccc([C@H]2CC(=O)NC(SCC(=O)Nc3c(C)cc(Br)cc3CC)=C2C#N)cc1. The number of carbonyl (C=O) groups excluding carboxylic acids is 2. The number of rotatable bonds is 8. The van der Waals surface area contributed by atoms with Gasteiger partial charge in [-0.1, -0.05) is 46.7 Å². The van der Waals surface area contributed by atoms with E-state index in [0.29, 0.717) is 17.2 Å². The minimum atomic E-state index is -0.356. The van der Waals surface area contributed by atoms with Crippen molar-refractivity contribution < 1.29 is 14.3 Å². The number of anilines is 1. The van der Waals surface area contributed by atoms with Crippen molar-refractivity contribution >= 4 is 45.2 Å². The van der Waals surface area contributed by atoms with E-state index in [-0.39, 0.29) is 29.9 Å². The van der Waals surface area contributed by atoms with Gasteiger partial charge in [-0.3, -0.25) is 9.59 Å². The molecule has 0 aromatic heterocycles. The Hall–Kier alpha value is -2.76. The Morgan fingerprint density at radius 3 is 2.67 bits per heavy atom. The summed E-state index contributed by atoms with van der Waals surface area (Å²) in [6, 6.07) is 13.6. The lowest BCUT2D eigenvalue weighted by atomic mass is 9.87. The van der Waals surface area contributed by atoms with Gasteiger partial charge in [-0.05, 0) is 61.2 Å². The highest BCUT2D eigenvalue weighted by Crippen LogP contribution is 2.36. The van der Waals surface area contributed by atoms with E-state index in [9.17, 15) is 14.9 Å². The van der Waals surface area contributed by atoms with Gasteiger partial charge in [0.15, 0.2) is 0 Å². The maximum absolute atomic E-state index is 12.7. The molecule has 0 aliphatic carbocycles. The van der Waals surface area contributed by atoms with Crippen LogP contribution in [0.5, 0.6) is 5.75 Å². The van der Waals surface area contributed by atoms with E-state index in [1.165, 1.54) is 11.8 Å². The van der Waals surface area contributed by atoms with Crippen LogP contribution in [0.1, 0.15) is 42.9 Å². The van der Waals surface area contributed by atoms with Gasteiger partial charge >= 0.3 is 0 Å². The minimum absolute atomic E-state index is 0.0788. The summed E-state index contributed by atoms with van der Waals surface area (Å²) in [6.45, 7) is 6.47. The number of benzene rings is 2. The number of halogens is 1. The highest BCUT2D eigenvalue weighted by molar-refractivity contribution is 9.10. The molecule has 172 valence electrons. The summed E-state index contributed by atoms with van der Waals surface area (Å²) < 4.78 is 6.45. The number of nitriles is 1. The number of nitrogens with zero attached hydrogens (tertiary/aromatic N) is 1. The van der Waals surface area contributed by atoms with E-state index in [2.05, 4.69) is 32.6 Å². The molecule has 1 atom stereocenters. The number of thioether (sulfide) groups is 1. The fourth-order valence-electron chi connectivity index (χ4n) is 3.76. The Labute approximate surface area is 206 Å². The van der Waals surface area contributed by atoms with E-state index in [1.54, 1.807) is 0 Å². The molecule has 33 heavy (non-hydrogen) atoms. The largest absolute Gasteiger partial charge is 0.494 e. The highest BCUT2D eigenvalue weighted by atomic mass is 79.9. The quantitative estimate of drug-likeness (QED) is 0.477. The maximum atomic E-state index is 12.7. The van der Waals surface area contributed by atoms with Crippen molar-refractivity contribution in [3.8, 4) is 11.8 Å². The zero-order valence-electron chi connectivity index (χ0n) is 18.8. The third-order valence-corrected chi connectivity index (χ3v) is 6.80. The summed E-state index contributed by atoms with van der Waals surface area (Å²) in [4.78, 5) is 25.1. The molecule has 1 aliphatic heterocycles. The van der Waals surface area contributed by atoms with Crippen LogP contribution in [0.4, 0.5) is 5.69 Å². The van der Waals surface area contributed by atoms with Crippen molar-refractivity contribution in [2.75, 3.05) is 17.7 Å². The van der Waals surface area contributed by atoms with Crippen LogP contribution in [-0.4, -0.2) is 24.2 Å². The van der Waals surface area contributed by atoms with Crippen LogP contribution in [-0.2, 0) is 16.0 Å². The smallest absolute Gasteiger partial charge is 0.234 e. The first kappa shape index (κ1) is 24.9. The van der Waals surface area contributed by atoms with Gasteiger partial charge in [-0.15, -0.1) is 0 Å². The second kappa shape index (κ2) is 11.4. The summed E-state index contributed by atoms with van der Waals surface area (Å²) in [7, 11) is 0. The van der Waals surface area contributed by atoms with Gasteiger partial charge in [-0.25, -0.2) is 0 Å². The third kappa shape index (κ3) is 6.18. The first-order valence-corrected chi connectivity index (χ1v) is 12.5. The molecular weight excluding hydrogens is 502 g/mol. The van der Waals surface area contributed by atoms with Crippen LogP contribution in [0, 0.1) is 18.3 Å². The maximum Gasteiger partial charge on any atom is 0.234 e. The number of nitrogens with one attached hydrogen (secondary N) is 2. The lowest BCUT2D eigenvalue weighted by Crippen LogP contribution is -2.31. The summed E-state index contributed by atoms with van der Waals surface area (Å²) in [5.41, 5.74) is 4.15. The fourth-order valence-corrected chi connectivity index (χ4v) is 5.26. The van der Waals surface area contributed by atoms with Crippen molar-refractivity contribution in [2.45, 2.75) is 39.5 Å². The number of hydrogen-bond acceptors (Lipinski definition) is 5.